The average Bonchev–Trinajstić information content (AvgIpc) is 3.19. The van der Waals surface area contributed by atoms with Gasteiger partial charge in [0.05, 0.1) is 17.9 Å². The molecule has 0 spiro atoms. The molecule has 112 valence electrons. The molecule has 0 aliphatic carbocycles. The monoisotopic (exact) mass is 289 g/mol. The lowest BCUT2D eigenvalue weighted by molar-refractivity contribution is -0.119. The van der Waals surface area contributed by atoms with E-state index >= 15 is 0 Å². The largest absolute Gasteiger partial charge is 0.322 e. The van der Waals surface area contributed by atoms with E-state index in [9.17, 15) is 4.79 Å². The van der Waals surface area contributed by atoms with Gasteiger partial charge < -0.3 is 10.6 Å². The van der Waals surface area contributed by atoms with Crippen molar-refractivity contribution in [2.24, 2.45) is 0 Å². The standard InChI is InChI=1S/C13H19N7O/c1-10(20-9-15-8-17-20)13(21)18-11-6-16-19(7-11)12-2-4-14-5-3-12/h6-10,12,14H,2-5H2,1H3,(H,18,21). The minimum atomic E-state index is -0.408. The van der Waals surface area contributed by atoms with E-state index in [0.717, 1.165) is 25.9 Å². The predicted octanol–water partition coefficient (Wildman–Crippen LogP) is 0.599. The molecule has 1 unspecified atom stereocenters. The van der Waals surface area contributed by atoms with Crippen molar-refractivity contribution in [1.29, 1.82) is 0 Å². The molecule has 21 heavy (non-hydrogen) atoms. The van der Waals surface area contributed by atoms with Gasteiger partial charge >= 0.3 is 0 Å². The molecule has 3 heterocycles. The molecule has 8 nitrogen and oxygen atoms in total. The lowest BCUT2D eigenvalue weighted by Crippen LogP contribution is -2.29. The second kappa shape index (κ2) is 6.04. The van der Waals surface area contributed by atoms with Gasteiger partial charge in [-0.2, -0.15) is 10.2 Å². The summed E-state index contributed by atoms with van der Waals surface area (Å²) in [6.07, 6.45) is 8.65. The number of nitrogens with one attached hydrogen (secondary N) is 2. The quantitative estimate of drug-likeness (QED) is 0.860. The van der Waals surface area contributed by atoms with E-state index in [-0.39, 0.29) is 5.91 Å². The first-order valence-corrected chi connectivity index (χ1v) is 7.14. The maximum absolute atomic E-state index is 12.1. The number of carbonyl (C=O) groups excluding carboxylic acids is 1. The Bertz CT molecular complexity index is 585. The summed E-state index contributed by atoms with van der Waals surface area (Å²) in [6, 6.07) is -0.000582. The Hall–Kier alpha value is -2.22. The molecule has 1 saturated heterocycles. The molecule has 1 fully saturated rings. The van der Waals surface area contributed by atoms with Gasteiger partial charge in [0.1, 0.15) is 18.7 Å². The van der Waals surface area contributed by atoms with Gasteiger partial charge in [0.2, 0.25) is 5.91 Å². The summed E-state index contributed by atoms with van der Waals surface area (Å²) in [5.74, 6) is -0.134. The van der Waals surface area contributed by atoms with Crippen molar-refractivity contribution in [3.05, 3.63) is 25.0 Å². The van der Waals surface area contributed by atoms with Crippen LogP contribution in [0.25, 0.3) is 0 Å². The average molecular weight is 289 g/mol. The van der Waals surface area contributed by atoms with E-state index in [1.165, 1.54) is 17.3 Å². The molecule has 1 aliphatic rings. The van der Waals surface area contributed by atoms with Gasteiger partial charge in [-0.15, -0.1) is 0 Å². The number of carbonyl (C=O) groups is 1. The fourth-order valence-corrected chi connectivity index (χ4v) is 2.46. The topological polar surface area (TPSA) is 89.7 Å². The predicted molar refractivity (Wildman–Crippen MR) is 76.7 cm³/mol. The van der Waals surface area contributed by atoms with Crippen LogP contribution in [0.2, 0.25) is 0 Å². The summed E-state index contributed by atoms with van der Waals surface area (Å²) >= 11 is 0. The third-order valence-corrected chi connectivity index (χ3v) is 3.76. The highest BCUT2D eigenvalue weighted by atomic mass is 16.2. The molecule has 1 atom stereocenters. The van der Waals surface area contributed by atoms with Crippen molar-refractivity contribution in [3.63, 3.8) is 0 Å². The number of anilines is 1. The van der Waals surface area contributed by atoms with Crippen LogP contribution in [0.3, 0.4) is 0 Å². The normalized spacial score (nSPS) is 17.6. The van der Waals surface area contributed by atoms with Crippen molar-refractivity contribution in [3.8, 4) is 0 Å². The third kappa shape index (κ3) is 3.10. The number of rotatable bonds is 4. The highest BCUT2D eigenvalue weighted by Crippen LogP contribution is 2.20. The Labute approximate surface area is 122 Å². The molecular formula is C13H19N7O. The first-order valence-electron chi connectivity index (χ1n) is 7.14. The number of aromatic nitrogens is 5. The fraction of sp³-hybridized carbons (Fsp3) is 0.538. The van der Waals surface area contributed by atoms with E-state index in [1.807, 2.05) is 10.9 Å². The van der Waals surface area contributed by atoms with E-state index in [1.54, 1.807) is 13.1 Å². The number of amides is 1. The maximum Gasteiger partial charge on any atom is 0.249 e. The molecule has 8 heteroatoms. The Balaban J connectivity index is 1.62. The highest BCUT2D eigenvalue weighted by Gasteiger charge is 2.18. The molecule has 3 rings (SSSR count). The Morgan fingerprint density at radius 1 is 1.43 bits per heavy atom. The van der Waals surface area contributed by atoms with Crippen molar-refractivity contribution in [1.82, 2.24) is 29.9 Å². The summed E-state index contributed by atoms with van der Waals surface area (Å²) in [6.45, 7) is 3.80. The van der Waals surface area contributed by atoms with Crippen molar-refractivity contribution in [2.75, 3.05) is 18.4 Å². The molecule has 2 aromatic rings. The van der Waals surface area contributed by atoms with Crippen molar-refractivity contribution in [2.45, 2.75) is 31.8 Å². The van der Waals surface area contributed by atoms with Gasteiger partial charge in [-0.1, -0.05) is 0 Å². The second-order valence-electron chi connectivity index (χ2n) is 5.23. The third-order valence-electron chi connectivity index (χ3n) is 3.76. The first kappa shape index (κ1) is 13.7. The van der Waals surface area contributed by atoms with E-state index < -0.39 is 6.04 Å². The van der Waals surface area contributed by atoms with Crippen molar-refractivity contribution >= 4 is 11.6 Å². The summed E-state index contributed by atoms with van der Waals surface area (Å²) in [7, 11) is 0. The van der Waals surface area contributed by atoms with Crippen LogP contribution in [0.5, 0.6) is 0 Å². The van der Waals surface area contributed by atoms with Crippen LogP contribution in [0.15, 0.2) is 25.0 Å². The zero-order valence-electron chi connectivity index (χ0n) is 11.9. The lowest BCUT2D eigenvalue weighted by atomic mass is 10.1. The zero-order chi connectivity index (χ0) is 14.7. The molecule has 2 aromatic heterocycles. The number of piperidine rings is 1. The van der Waals surface area contributed by atoms with Crippen LogP contribution in [-0.2, 0) is 4.79 Å². The summed E-state index contributed by atoms with van der Waals surface area (Å²) in [4.78, 5) is 16.0. The Morgan fingerprint density at radius 2 is 2.24 bits per heavy atom. The molecule has 0 aromatic carbocycles. The van der Waals surface area contributed by atoms with Gasteiger partial charge in [-0.3, -0.25) is 9.48 Å². The highest BCUT2D eigenvalue weighted by molar-refractivity contribution is 5.93. The molecular weight excluding hydrogens is 270 g/mol. The van der Waals surface area contributed by atoms with Gasteiger partial charge in [0.15, 0.2) is 0 Å². The first-order chi connectivity index (χ1) is 10.2. The Morgan fingerprint density at radius 3 is 2.95 bits per heavy atom. The molecule has 0 radical (unpaired) electrons. The van der Waals surface area contributed by atoms with Crippen LogP contribution >= 0.6 is 0 Å². The van der Waals surface area contributed by atoms with Gasteiger partial charge in [-0.05, 0) is 32.9 Å². The van der Waals surface area contributed by atoms with Crippen LogP contribution in [0.1, 0.15) is 31.8 Å². The lowest BCUT2D eigenvalue weighted by Gasteiger charge is -2.22. The van der Waals surface area contributed by atoms with Crippen LogP contribution in [-0.4, -0.2) is 43.5 Å². The number of hydrogen-bond donors (Lipinski definition) is 2. The molecule has 0 bridgehead atoms. The zero-order valence-corrected chi connectivity index (χ0v) is 11.9. The molecule has 0 saturated carbocycles. The van der Waals surface area contributed by atoms with Crippen LogP contribution in [0.4, 0.5) is 5.69 Å². The number of nitrogens with zero attached hydrogens (tertiary/aromatic N) is 5. The SMILES string of the molecule is CC(C(=O)Nc1cnn(C2CCNCC2)c1)n1cncn1. The van der Waals surface area contributed by atoms with Gasteiger partial charge in [0.25, 0.3) is 0 Å². The minimum absolute atomic E-state index is 0.134. The number of hydrogen-bond acceptors (Lipinski definition) is 5. The Kier molecular flexibility index (Phi) is 3.96. The van der Waals surface area contributed by atoms with Crippen LogP contribution < -0.4 is 10.6 Å². The van der Waals surface area contributed by atoms with Crippen molar-refractivity contribution < 1.29 is 4.79 Å². The molecule has 1 amide bonds. The van der Waals surface area contributed by atoms with Gasteiger partial charge in [-0.25, -0.2) is 9.67 Å². The smallest absolute Gasteiger partial charge is 0.249 e. The maximum atomic E-state index is 12.1. The summed E-state index contributed by atoms with van der Waals surface area (Å²) < 4.78 is 3.46. The van der Waals surface area contributed by atoms with E-state index in [4.69, 9.17) is 0 Å². The minimum Gasteiger partial charge on any atom is -0.322 e. The second-order valence-corrected chi connectivity index (χ2v) is 5.23. The molecule has 1 aliphatic heterocycles. The summed E-state index contributed by atoms with van der Waals surface area (Å²) in [5, 5.41) is 14.5. The van der Waals surface area contributed by atoms with Gasteiger partial charge in [0, 0.05) is 6.20 Å². The fourth-order valence-electron chi connectivity index (χ4n) is 2.46. The van der Waals surface area contributed by atoms with E-state index in [0.29, 0.717) is 11.7 Å². The summed E-state index contributed by atoms with van der Waals surface area (Å²) in [5.41, 5.74) is 0.713. The van der Waals surface area contributed by atoms with E-state index in [2.05, 4.69) is 25.8 Å². The molecule has 2 N–H and O–H groups in total. The van der Waals surface area contributed by atoms with Crippen LogP contribution in [0, 0.1) is 0 Å².